The number of piperidine rings is 1. The summed E-state index contributed by atoms with van der Waals surface area (Å²) in [4.78, 5) is 6.61. The highest BCUT2D eigenvalue weighted by Crippen LogP contribution is 2.33. The van der Waals surface area contributed by atoms with Gasteiger partial charge < -0.3 is 10.0 Å². The Kier molecular flexibility index (Phi) is 3.83. The lowest BCUT2D eigenvalue weighted by molar-refractivity contribution is 0.00743. The summed E-state index contributed by atoms with van der Waals surface area (Å²) in [5.41, 5.74) is 3.34. The van der Waals surface area contributed by atoms with E-state index in [1.165, 1.54) is 0 Å². The van der Waals surface area contributed by atoms with Gasteiger partial charge in [-0.1, -0.05) is 6.07 Å². The van der Waals surface area contributed by atoms with E-state index < -0.39 is 5.60 Å². The zero-order chi connectivity index (χ0) is 15.7. The summed E-state index contributed by atoms with van der Waals surface area (Å²) >= 11 is 0. The topological polar surface area (TPSA) is 62.1 Å². The second kappa shape index (κ2) is 5.65. The number of rotatable bonds is 2. The number of hydrogen-bond donors (Lipinski definition) is 1. The van der Waals surface area contributed by atoms with E-state index in [4.69, 9.17) is 0 Å². The van der Waals surface area contributed by atoms with E-state index in [0.29, 0.717) is 12.8 Å². The molecule has 2 aromatic rings. The molecule has 116 valence electrons. The molecule has 0 radical (unpaired) electrons. The summed E-state index contributed by atoms with van der Waals surface area (Å²) in [7, 11) is 0. The number of pyridine rings is 1. The maximum absolute atomic E-state index is 10.9. The molecule has 0 bridgehead atoms. The molecule has 0 aliphatic carbocycles. The molecule has 2 aromatic heterocycles. The standard InChI is InChI=1S/C17H22N4O/c1-12-4-5-15(18-10-12)17(22)6-8-21(9-7-17)16-14(3)13(2)11-19-20-16/h4-5,10-11,22H,6-9H2,1-3H3. The number of nitrogens with zero attached hydrogens (tertiary/aromatic N) is 4. The first-order valence-electron chi connectivity index (χ1n) is 7.69. The molecule has 1 saturated heterocycles. The minimum Gasteiger partial charge on any atom is -0.383 e. The van der Waals surface area contributed by atoms with Gasteiger partial charge in [-0.05, 0) is 56.4 Å². The molecule has 0 saturated carbocycles. The zero-order valence-corrected chi connectivity index (χ0v) is 13.4. The first-order valence-corrected chi connectivity index (χ1v) is 7.69. The summed E-state index contributed by atoms with van der Waals surface area (Å²) in [5, 5.41) is 19.2. The molecule has 5 nitrogen and oxygen atoms in total. The van der Waals surface area contributed by atoms with Crippen LogP contribution in [-0.4, -0.2) is 33.4 Å². The van der Waals surface area contributed by atoms with Crippen molar-refractivity contribution in [3.63, 3.8) is 0 Å². The van der Waals surface area contributed by atoms with Gasteiger partial charge in [-0.2, -0.15) is 5.10 Å². The smallest absolute Gasteiger partial charge is 0.154 e. The molecule has 0 atom stereocenters. The van der Waals surface area contributed by atoms with Gasteiger partial charge in [0.15, 0.2) is 5.82 Å². The number of aryl methyl sites for hydroxylation is 2. The summed E-state index contributed by atoms with van der Waals surface area (Å²) in [6.07, 6.45) is 4.90. The van der Waals surface area contributed by atoms with Crippen LogP contribution in [0.2, 0.25) is 0 Å². The fourth-order valence-electron chi connectivity index (χ4n) is 2.91. The maximum Gasteiger partial charge on any atom is 0.154 e. The average Bonchev–Trinajstić information content (AvgIpc) is 2.52. The Labute approximate surface area is 131 Å². The predicted molar refractivity (Wildman–Crippen MR) is 85.8 cm³/mol. The molecule has 1 aliphatic heterocycles. The van der Waals surface area contributed by atoms with E-state index in [0.717, 1.165) is 41.3 Å². The Morgan fingerprint density at radius 2 is 1.82 bits per heavy atom. The Hall–Kier alpha value is -2.01. The highest BCUT2D eigenvalue weighted by Gasteiger charge is 2.36. The maximum atomic E-state index is 10.9. The van der Waals surface area contributed by atoms with Crippen molar-refractivity contribution in [2.45, 2.75) is 39.2 Å². The molecular formula is C17H22N4O. The largest absolute Gasteiger partial charge is 0.383 e. The van der Waals surface area contributed by atoms with E-state index >= 15 is 0 Å². The van der Waals surface area contributed by atoms with Crippen molar-refractivity contribution in [1.82, 2.24) is 15.2 Å². The minimum atomic E-state index is -0.838. The summed E-state index contributed by atoms with van der Waals surface area (Å²) in [5.74, 6) is 0.930. The molecular weight excluding hydrogens is 276 g/mol. The van der Waals surface area contributed by atoms with Gasteiger partial charge in [-0.25, -0.2) is 0 Å². The summed E-state index contributed by atoms with van der Waals surface area (Å²) < 4.78 is 0. The number of anilines is 1. The van der Waals surface area contributed by atoms with Crippen LogP contribution in [0.15, 0.2) is 24.5 Å². The lowest BCUT2D eigenvalue weighted by Gasteiger charge is -2.38. The van der Waals surface area contributed by atoms with Crippen LogP contribution < -0.4 is 4.90 Å². The van der Waals surface area contributed by atoms with Crippen LogP contribution in [0.4, 0.5) is 5.82 Å². The van der Waals surface area contributed by atoms with E-state index in [1.807, 2.05) is 32.2 Å². The van der Waals surface area contributed by atoms with Crippen molar-refractivity contribution < 1.29 is 5.11 Å². The van der Waals surface area contributed by atoms with Crippen molar-refractivity contribution in [3.8, 4) is 0 Å². The Morgan fingerprint density at radius 3 is 2.45 bits per heavy atom. The van der Waals surface area contributed by atoms with Crippen LogP contribution in [-0.2, 0) is 5.60 Å². The Balaban J connectivity index is 1.77. The number of aliphatic hydroxyl groups is 1. The normalized spacial score (nSPS) is 17.5. The van der Waals surface area contributed by atoms with Gasteiger partial charge in [0.1, 0.15) is 5.60 Å². The third kappa shape index (κ3) is 2.68. The number of aromatic nitrogens is 3. The number of hydrogen-bond acceptors (Lipinski definition) is 5. The van der Waals surface area contributed by atoms with Crippen molar-refractivity contribution in [2.75, 3.05) is 18.0 Å². The molecule has 5 heteroatoms. The van der Waals surface area contributed by atoms with Crippen LogP contribution in [0.5, 0.6) is 0 Å². The molecule has 1 aliphatic rings. The quantitative estimate of drug-likeness (QED) is 0.921. The second-order valence-electron chi connectivity index (χ2n) is 6.22. The van der Waals surface area contributed by atoms with Gasteiger partial charge in [0.2, 0.25) is 0 Å². The molecule has 1 N–H and O–H groups in total. The Bertz CT molecular complexity index is 661. The second-order valence-corrected chi connectivity index (χ2v) is 6.22. The van der Waals surface area contributed by atoms with Crippen LogP contribution in [0.3, 0.4) is 0 Å². The lowest BCUT2D eigenvalue weighted by Crippen LogP contribution is -2.43. The molecule has 0 aromatic carbocycles. The van der Waals surface area contributed by atoms with Crippen molar-refractivity contribution in [3.05, 3.63) is 46.9 Å². The van der Waals surface area contributed by atoms with Gasteiger partial charge >= 0.3 is 0 Å². The van der Waals surface area contributed by atoms with Crippen LogP contribution in [0.1, 0.15) is 35.2 Å². The minimum absolute atomic E-state index is 0.651. The Morgan fingerprint density at radius 1 is 1.09 bits per heavy atom. The zero-order valence-electron chi connectivity index (χ0n) is 13.4. The first-order chi connectivity index (χ1) is 10.5. The fourth-order valence-corrected chi connectivity index (χ4v) is 2.91. The molecule has 0 unspecified atom stereocenters. The van der Waals surface area contributed by atoms with E-state index in [9.17, 15) is 5.11 Å². The molecule has 0 amide bonds. The van der Waals surface area contributed by atoms with Crippen LogP contribution >= 0.6 is 0 Å². The van der Waals surface area contributed by atoms with Crippen LogP contribution in [0.25, 0.3) is 0 Å². The first kappa shape index (κ1) is 14.9. The van der Waals surface area contributed by atoms with Gasteiger partial charge in [-0.15, -0.1) is 5.10 Å². The van der Waals surface area contributed by atoms with Gasteiger partial charge in [0.05, 0.1) is 11.9 Å². The van der Waals surface area contributed by atoms with E-state index in [2.05, 4.69) is 27.0 Å². The monoisotopic (exact) mass is 298 g/mol. The average molecular weight is 298 g/mol. The van der Waals surface area contributed by atoms with E-state index in [-0.39, 0.29) is 0 Å². The molecule has 1 fully saturated rings. The highest BCUT2D eigenvalue weighted by atomic mass is 16.3. The van der Waals surface area contributed by atoms with Gasteiger partial charge in [0, 0.05) is 19.3 Å². The molecule has 22 heavy (non-hydrogen) atoms. The lowest BCUT2D eigenvalue weighted by atomic mass is 9.87. The summed E-state index contributed by atoms with van der Waals surface area (Å²) in [6.45, 7) is 7.63. The van der Waals surface area contributed by atoms with Crippen molar-refractivity contribution >= 4 is 5.82 Å². The summed E-state index contributed by atoms with van der Waals surface area (Å²) in [6, 6.07) is 3.94. The molecule has 3 heterocycles. The van der Waals surface area contributed by atoms with Gasteiger partial charge in [-0.3, -0.25) is 4.98 Å². The SMILES string of the molecule is Cc1ccc(C2(O)CCN(c3nncc(C)c3C)CC2)nc1. The fraction of sp³-hybridized carbons (Fsp3) is 0.471. The highest BCUT2D eigenvalue weighted by molar-refractivity contribution is 5.48. The third-order valence-corrected chi connectivity index (χ3v) is 4.61. The molecule has 3 rings (SSSR count). The predicted octanol–water partition coefficient (Wildman–Crippen LogP) is 2.28. The third-order valence-electron chi connectivity index (χ3n) is 4.61. The van der Waals surface area contributed by atoms with Gasteiger partial charge in [0.25, 0.3) is 0 Å². The van der Waals surface area contributed by atoms with Crippen molar-refractivity contribution in [2.24, 2.45) is 0 Å². The van der Waals surface area contributed by atoms with Crippen LogP contribution in [0, 0.1) is 20.8 Å². The van der Waals surface area contributed by atoms with E-state index in [1.54, 1.807) is 6.20 Å². The van der Waals surface area contributed by atoms with Crippen molar-refractivity contribution in [1.29, 1.82) is 0 Å². The molecule has 0 spiro atoms.